The van der Waals surface area contributed by atoms with Crippen LogP contribution in [0.5, 0.6) is 0 Å². The molecule has 1 heteroatoms. The molecule has 88 valence electrons. The summed E-state index contributed by atoms with van der Waals surface area (Å²) in [6.07, 6.45) is 2.65. The van der Waals surface area contributed by atoms with Crippen molar-refractivity contribution in [2.75, 3.05) is 4.90 Å². The number of rotatable bonds is 2. The Kier molecular flexibility index (Phi) is 3.22. The molecule has 2 atom stereocenters. The molecule has 2 rings (SSSR count). The number of para-hydroxylation sites is 1. The Morgan fingerprint density at radius 2 is 1.62 bits per heavy atom. The second-order valence-electron chi connectivity index (χ2n) is 5.40. The van der Waals surface area contributed by atoms with Gasteiger partial charge in [-0.05, 0) is 44.2 Å². The largest absolute Gasteiger partial charge is 0.366 e. The average molecular weight is 217 g/mol. The van der Waals surface area contributed by atoms with Gasteiger partial charge in [0.05, 0.1) is 0 Å². The van der Waals surface area contributed by atoms with Gasteiger partial charge in [0.15, 0.2) is 0 Å². The first-order valence-electron chi connectivity index (χ1n) is 6.48. The monoisotopic (exact) mass is 217 g/mol. The lowest BCUT2D eigenvalue weighted by molar-refractivity contribution is 0.684. The second-order valence-corrected chi connectivity index (χ2v) is 5.40. The third-order valence-electron chi connectivity index (χ3n) is 3.79. The molecule has 0 radical (unpaired) electrons. The van der Waals surface area contributed by atoms with E-state index in [2.05, 4.69) is 56.9 Å². The van der Waals surface area contributed by atoms with E-state index in [1.54, 1.807) is 0 Å². The number of anilines is 1. The van der Waals surface area contributed by atoms with E-state index in [1.807, 2.05) is 0 Å². The Balaban J connectivity index is 2.39. The van der Waals surface area contributed by atoms with Gasteiger partial charge >= 0.3 is 0 Å². The summed E-state index contributed by atoms with van der Waals surface area (Å²) in [6.45, 7) is 9.26. The molecular formula is C15H23N. The van der Waals surface area contributed by atoms with Gasteiger partial charge in [-0.3, -0.25) is 0 Å². The average Bonchev–Trinajstić information content (AvgIpc) is 2.58. The van der Waals surface area contributed by atoms with Crippen LogP contribution in [0.15, 0.2) is 24.3 Å². The highest BCUT2D eigenvalue weighted by Gasteiger charge is 2.28. The topological polar surface area (TPSA) is 3.24 Å². The van der Waals surface area contributed by atoms with Gasteiger partial charge in [0, 0.05) is 17.8 Å². The van der Waals surface area contributed by atoms with Crippen LogP contribution in [-0.4, -0.2) is 12.1 Å². The van der Waals surface area contributed by atoms with Crippen molar-refractivity contribution < 1.29 is 0 Å². The van der Waals surface area contributed by atoms with Gasteiger partial charge in [0.1, 0.15) is 0 Å². The van der Waals surface area contributed by atoms with Gasteiger partial charge in [0.2, 0.25) is 0 Å². The van der Waals surface area contributed by atoms with Crippen LogP contribution >= 0.6 is 0 Å². The van der Waals surface area contributed by atoms with Crippen LogP contribution < -0.4 is 4.90 Å². The highest BCUT2D eigenvalue weighted by Crippen LogP contribution is 2.35. The number of hydrogen-bond acceptors (Lipinski definition) is 1. The lowest BCUT2D eigenvalue weighted by atomic mass is 10.00. The summed E-state index contributed by atoms with van der Waals surface area (Å²) in [5, 5.41) is 0. The molecule has 1 aromatic rings. The van der Waals surface area contributed by atoms with Gasteiger partial charge in [-0.2, -0.15) is 0 Å². The van der Waals surface area contributed by atoms with Gasteiger partial charge < -0.3 is 4.90 Å². The molecule has 0 aliphatic carbocycles. The first kappa shape index (κ1) is 11.5. The minimum atomic E-state index is 0.608. The summed E-state index contributed by atoms with van der Waals surface area (Å²) >= 11 is 0. The van der Waals surface area contributed by atoms with Crippen LogP contribution in [0.4, 0.5) is 5.69 Å². The SMILES string of the molecule is CC(C)c1ccccc1N1C(C)CCC1C. The summed E-state index contributed by atoms with van der Waals surface area (Å²) in [5.74, 6) is 0.608. The summed E-state index contributed by atoms with van der Waals surface area (Å²) in [6, 6.07) is 10.3. The maximum Gasteiger partial charge on any atom is 0.0406 e. The maximum atomic E-state index is 2.61. The van der Waals surface area contributed by atoms with Crippen molar-refractivity contribution in [2.24, 2.45) is 0 Å². The number of nitrogens with zero attached hydrogens (tertiary/aromatic N) is 1. The molecule has 1 aromatic carbocycles. The molecule has 0 spiro atoms. The molecule has 1 heterocycles. The first-order valence-corrected chi connectivity index (χ1v) is 6.48. The molecule has 0 bridgehead atoms. The lowest BCUT2D eigenvalue weighted by Crippen LogP contribution is -2.33. The second kappa shape index (κ2) is 4.48. The predicted octanol–water partition coefficient (Wildman–Crippen LogP) is 4.19. The molecule has 1 aliphatic heterocycles. The Bertz CT molecular complexity index is 346. The Morgan fingerprint density at radius 1 is 1.06 bits per heavy atom. The third kappa shape index (κ3) is 1.95. The zero-order valence-corrected chi connectivity index (χ0v) is 10.9. The molecular weight excluding hydrogens is 194 g/mol. The van der Waals surface area contributed by atoms with Crippen molar-refractivity contribution in [3.63, 3.8) is 0 Å². The molecule has 0 aromatic heterocycles. The van der Waals surface area contributed by atoms with E-state index in [0.29, 0.717) is 18.0 Å². The Hall–Kier alpha value is -0.980. The van der Waals surface area contributed by atoms with Crippen molar-refractivity contribution in [3.05, 3.63) is 29.8 Å². The zero-order chi connectivity index (χ0) is 11.7. The Morgan fingerprint density at radius 3 is 2.19 bits per heavy atom. The van der Waals surface area contributed by atoms with E-state index in [0.717, 1.165) is 0 Å². The van der Waals surface area contributed by atoms with Crippen molar-refractivity contribution in [2.45, 2.75) is 58.5 Å². The lowest BCUT2D eigenvalue weighted by Gasteiger charge is -2.31. The van der Waals surface area contributed by atoms with Crippen molar-refractivity contribution in [3.8, 4) is 0 Å². The minimum Gasteiger partial charge on any atom is -0.366 e. The molecule has 1 nitrogen and oxygen atoms in total. The van der Waals surface area contributed by atoms with Crippen LogP contribution in [0.25, 0.3) is 0 Å². The van der Waals surface area contributed by atoms with Crippen LogP contribution in [0.3, 0.4) is 0 Å². The quantitative estimate of drug-likeness (QED) is 0.718. The fourth-order valence-corrected chi connectivity index (χ4v) is 2.88. The van der Waals surface area contributed by atoms with Crippen LogP contribution in [0, 0.1) is 0 Å². The van der Waals surface area contributed by atoms with Crippen LogP contribution in [0.1, 0.15) is 52.0 Å². The van der Waals surface area contributed by atoms with E-state index in [-0.39, 0.29) is 0 Å². The molecule has 2 unspecified atom stereocenters. The normalized spacial score (nSPS) is 25.4. The van der Waals surface area contributed by atoms with E-state index in [4.69, 9.17) is 0 Å². The third-order valence-corrected chi connectivity index (χ3v) is 3.79. The van der Waals surface area contributed by atoms with Gasteiger partial charge in [-0.25, -0.2) is 0 Å². The van der Waals surface area contributed by atoms with Gasteiger partial charge in [0.25, 0.3) is 0 Å². The molecule has 16 heavy (non-hydrogen) atoms. The standard InChI is InChI=1S/C15H23N/c1-11(2)14-7-5-6-8-15(14)16-12(3)9-10-13(16)4/h5-8,11-13H,9-10H2,1-4H3. The Labute approximate surface area is 99.5 Å². The van der Waals surface area contributed by atoms with E-state index >= 15 is 0 Å². The predicted molar refractivity (Wildman–Crippen MR) is 71.2 cm³/mol. The highest BCUT2D eigenvalue weighted by atomic mass is 15.2. The molecule has 0 saturated carbocycles. The molecule has 1 fully saturated rings. The molecule has 1 saturated heterocycles. The molecule has 0 amide bonds. The van der Waals surface area contributed by atoms with Gasteiger partial charge in [-0.1, -0.05) is 32.0 Å². The van der Waals surface area contributed by atoms with E-state index < -0.39 is 0 Å². The zero-order valence-electron chi connectivity index (χ0n) is 10.9. The molecule has 0 N–H and O–H groups in total. The van der Waals surface area contributed by atoms with Gasteiger partial charge in [-0.15, -0.1) is 0 Å². The van der Waals surface area contributed by atoms with E-state index in [9.17, 15) is 0 Å². The van der Waals surface area contributed by atoms with E-state index in [1.165, 1.54) is 24.1 Å². The summed E-state index contributed by atoms with van der Waals surface area (Å²) in [4.78, 5) is 2.61. The minimum absolute atomic E-state index is 0.608. The maximum absolute atomic E-state index is 2.61. The smallest absolute Gasteiger partial charge is 0.0406 e. The fourth-order valence-electron chi connectivity index (χ4n) is 2.88. The molecule has 1 aliphatic rings. The summed E-state index contributed by atoms with van der Waals surface area (Å²) in [7, 11) is 0. The summed E-state index contributed by atoms with van der Waals surface area (Å²) in [5.41, 5.74) is 2.94. The summed E-state index contributed by atoms with van der Waals surface area (Å²) < 4.78 is 0. The van der Waals surface area contributed by atoms with Crippen LogP contribution in [0.2, 0.25) is 0 Å². The van der Waals surface area contributed by atoms with Crippen LogP contribution in [-0.2, 0) is 0 Å². The number of hydrogen-bond donors (Lipinski definition) is 0. The highest BCUT2D eigenvalue weighted by molar-refractivity contribution is 5.57. The van der Waals surface area contributed by atoms with Crippen molar-refractivity contribution in [1.82, 2.24) is 0 Å². The fraction of sp³-hybridized carbons (Fsp3) is 0.600. The van der Waals surface area contributed by atoms with Crippen molar-refractivity contribution in [1.29, 1.82) is 0 Å². The first-order chi connectivity index (χ1) is 7.61. The van der Waals surface area contributed by atoms with Crippen molar-refractivity contribution >= 4 is 5.69 Å². The number of benzene rings is 1.